The smallest absolute Gasteiger partial charge is 0.768 e. The summed E-state index contributed by atoms with van der Waals surface area (Å²) in [6.45, 7) is 0. The monoisotopic (exact) mass is 332 g/mol. The second-order valence-corrected chi connectivity index (χ2v) is 2.45. The fourth-order valence-corrected chi connectivity index (χ4v) is 0. The Morgan fingerprint density at radius 2 is 1.43 bits per heavy atom. The maximum Gasteiger partial charge on any atom is 1.00 e. The predicted octanol–water partition coefficient (Wildman–Crippen LogP) is -4.00. The zero-order chi connectivity index (χ0) is 4.50. The van der Waals surface area contributed by atoms with Gasteiger partial charge in [0, 0.05) is 0 Å². The van der Waals surface area contributed by atoms with E-state index in [0.717, 1.165) is 0 Å². The van der Waals surface area contributed by atoms with Gasteiger partial charge in [-0.25, -0.2) is 0 Å². The van der Waals surface area contributed by atoms with Crippen molar-refractivity contribution in [1.82, 2.24) is 0 Å². The Morgan fingerprint density at radius 3 is 1.43 bits per heavy atom. The van der Waals surface area contributed by atoms with Crippen molar-refractivity contribution in [3.8, 4) is 0 Å². The van der Waals surface area contributed by atoms with Gasteiger partial charge in [-0.05, 0) is 9.15 Å². The third kappa shape index (κ3) is 72.0. The minimum Gasteiger partial charge on any atom is -0.768 e. The normalized spacial score (nSPS) is 8.29. The molecule has 0 N–H and O–H groups in total. The van der Waals surface area contributed by atoms with Gasteiger partial charge < -0.3 is 16.2 Å². The molecule has 0 aromatic heterocycles. The molecule has 42 valence electrons. The van der Waals surface area contributed by atoms with Gasteiger partial charge in [-0.3, -0.25) is 8.42 Å². The molecule has 0 bridgehead atoms. The Hall–Kier alpha value is 2.00. The van der Waals surface area contributed by atoms with Crippen LogP contribution in [0.3, 0.4) is 0 Å². The largest absolute Gasteiger partial charge is 1.00 e. The maximum atomic E-state index is 8.89. The van der Waals surface area contributed by atoms with E-state index in [1.807, 2.05) is 0 Å². The molecule has 0 heterocycles. The summed E-state index contributed by atoms with van der Waals surface area (Å²) < 4.78 is 26.7. The van der Waals surface area contributed by atoms with Crippen molar-refractivity contribution in [1.29, 1.82) is 0 Å². The van der Waals surface area contributed by atoms with Crippen molar-refractivity contribution in [2.45, 2.75) is 0 Å². The molecule has 0 radical (unpaired) electrons. The van der Waals surface area contributed by atoms with Crippen LogP contribution < -0.4 is 29.6 Å². The van der Waals surface area contributed by atoms with Crippen LogP contribution in [0, 0.1) is 0 Å². The molecule has 0 unspecified atom stereocenters. The molecular formula is AuNaO3S2. The van der Waals surface area contributed by atoms with Gasteiger partial charge in [-0.1, -0.05) is 0 Å². The van der Waals surface area contributed by atoms with Gasteiger partial charge in [0.15, 0.2) is 0 Å². The molecule has 0 fully saturated rings. The Morgan fingerprint density at radius 1 is 1.43 bits per heavy atom. The standard InChI is InChI=1S/Au.Na.H2O3S2/c;;1-5(2,3)4/h;;(H2,1,2,3,4)/q2*+1;/p-2. The van der Waals surface area contributed by atoms with E-state index in [0.29, 0.717) is 0 Å². The Bertz CT molecular complexity index is 96.1. The number of hydrogen-bond donors (Lipinski definition) is 0. The first-order valence-corrected chi connectivity index (χ1v) is 3.00. The van der Waals surface area contributed by atoms with Crippen LogP contribution in [-0.2, 0) is 43.2 Å². The quantitative estimate of drug-likeness (QED) is 0.196. The van der Waals surface area contributed by atoms with E-state index in [9.17, 15) is 0 Å². The van der Waals surface area contributed by atoms with E-state index >= 15 is 0 Å². The predicted molar refractivity (Wildman–Crippen MR) is 17.1 cm³/mol. The van der Waals surface area contributed by atoms with Crippen LogP contribution in [0.25, 0.3) is 0 Å². The minimum absolute atomic E-state index is 0. The molecule has 0 spiro atoms. The summed E-state index contributed by atoms with van der Waals surface area (Å²) in [5.41, 5.74) is 0. The molecule has 0 rings (SSSR count). The Kier molecular flexibility index (Phi) is 14.0. The molecule has 7 heteroatoms. The Balaban J connectivity index is -0.0000000800. The fraction of sp³-hybridized carbons (Fsp3) is 0. The zero-order valence-electron chi connectivity index (χ0n) is 3.34. The molecular weight excluding hydrogens is 332 g/mol. The summed E-state index contributed by atoms with van der Waals surface area (Å²) in [5, 5.41) is 0. The first-order valence-electron chi connectivity index (χ1n) is 0.667. The molecule has 0 amide bonds. The second-order valence-electron chi connectivity index (χ2n) is 0.408. The van der Waals surface area contributed by atoms with Gasteiger partial charge in [-0.2, -0.15) is 0 Å². The average molecular weight is 332 g/mol. The SMILES string of the molecule is O=S(=O)([O-])[S-].[Au+].[Na+]. The molecule has 0 atom stereocenters. The van der Waals surface area contributed by atoms with E-state index in [1.54, 1.807) is 0 Å². The summed E-state index contributed by atoms with van der Waals surface area (Å²) in [6.07, 6.45) is 0. The Labute approximate surface area is 84.6 Å². The number of rotatable bonds is 0. The fourth-order valence-electron chi connectivity index (χ4n) is 0. The topological polar surface area (TPSA) is 57.2 Å². The van der Waals surface area contributed by atoms with Gasteiger partial charge >= 0.3 is 51.9 Å². The van der Waals surface area contributed by atoms with E-state index < -0.39 is 9.15 Å². The summed E-state index contributed by atoms with van der Waals surface area (Å²) >= 11 is 3.24. The first kappa shape index (κ1) is 16.0. The average Bonchev–Trinajstić information content (AvgIpc) is 0.722. The molecule has 3 nitrogen and oxygen atoms in total. The summed E-state index contributed by atoms with van der Waals surface area (Å²) in [7, 11) is -4.33. The van der Waals surface area contributed by atoms with E-state index in [-0.39, 0.29) is 51.9 Å². The third-order valence-corrected chi connectivity index (χ3v) is 0. The molecule has 0 aliphatic rings. The van der Waals surface area contributed by atoms with Crippen molar-refractivity contribution in [2.24, 2.45) is 0 Å². The molecule has 0 saturated carbocycles. The van der Waals surface area contributed by atoms with Gasteiger partial charge in [0.05, 0.1) is 0 Å². The minimum atomic E-state index is -4.33. The van der Waals surface area contributed by atoms with Crippen LogP contribution >= 0.6 is 0 Å². The van der Waals surface area contributed by atoms with Gasteiger partial charge in [0.25, 0.3) is 0 Å². The van der Waals surface area contributed by atoms with Crippen molar-refractivity contribution in [2.75, 3.05) is 0 Å². The molecule has 0 aromatic rings. The van der Waals surface area contributed by atoms with Crippen LogP contribution in [0.1, 0.15) is 0 Å². The summed E-state index contributed by atoms with van der Waals surface area (Å²) in [4.78, 5) is 0. The van der Waals surface area contributed by atoms with Gasteiger partial charge in [0.2, 0.25) is 0 Å². The summed E-state index contributed by atoms with van der Waals surface area (Å²) in [5.74, 6) is 0. The van der Waals surface area contributed by atoms with Gasteiger partial charge in [-0.15, -0.1) is 0 Å². The van der Waals surface area contributed by atoms with Crippen LogP contribution in [-0.4, -0.2) is 13.0 Å². The van der Waals surface area contributed by atoms with Crippen molar-refractivity contribution in [3.05, 3.63) is 0 Å². The first-order chi connectivity index (χ1) is 2.00. The van der Waals surface area contributed by atoms with Crippen LogP contribution in [0.2, 0.25) is 0 Å². The zero-order valence-corrected chi connectivity index (χ0v) is 9.14. The van der Waals surface area contributed by atoms with Crippen molar-refractivity contribution < 1.29 is 64.9 Å². The summed E-state index contributed by atoms with van der Waals surface area (Å²) in [6, 6.07) is 0. The van der Waals surface area contributed by atoms with E-state index in [1.165, 1.54) is 0 Å². The molecule has 0 aliphatic carbocycles. The molecule has 0 aliphatic heterocycles. The van der Waals surface area contributed by atoms with E-state index in [4.69, 9.17) is 13.0 Å². The van der Waals surface area contributed by atoms with Crippen LogP contribution in [0.4, 0.5) is 0 Å². The van der Waals surface area contributed by atoms with Gasteiger partial charge in [0.1, 0.15) is 0 Å². The molecule has 0 aromatic carbocycles. The van der Waals surface area contributed by atoms with Crippen molar-refractivity contribution in [3.63, 3.8) is 0 Å². The molecule has 0 saturated heterocycles. The van der Waals surface area contributed by atoms with E-state index in [2.05, 4.69) is 11.7 Å². The second kappa shape index (κ2) is 6.13. The van der Waals surface area contributed by atoms with Crippen LogP contribution in [0.15, 0.2) is 0 Å². The van der Waals surface area contributed by atoms with Crippen molar-refractivity contribution >= 4 is 20.8 Å². The van der Waals surface area contributed by atoms with Crippen LogP contribution in [0.5, 0.6) is 0 Å². The molecule has 7 heavy (non-hydrogen) atoms. The maximum absolute atomic E-state index is 8.89. The third-order valence-electron chi connectivity index (χ3n) is 0. The number of hydrogen-bond acceptors (Lipinski definition) is 4.